The molecular weight excluding hydrogens is 346 g/mol. The Kier molecular flexibility index (Phi) is 5.49. The summed E-state index contributed by atoms with van der Waals surface area (Å²) in [7, 11) is -3.57. The molecule has 132 valence electrons. The number of rotatable bonds is 5. The average molecular weight is 370 g/mol. The molecule has 8 heteroatoms. The molecule has 24 heavy (non-hydrogen) atoms. The fourth-order valence-electron chi connectivity index (χ4n) is 2.87. The van der Waals surface area contributed by atoms with E-state index in [0.29, 0.717) is 18.0 Å². The van der Waals surface area contributed by atoms with Crippen molar-refractivity contribution >= 4 is 33.4 Å². The third-order valence-electron chi connectivity index (χ3n) is 4.37. The number of fused-ring (bicyclic) bond motifs is 1. The number of carbonyl (C=O) groups is 1. The zero-order valence-corrected chi connectivity index (χ0v) is 15.4. The molecule has 1 fully saturated rings. The maximum atomic E-state index is 12.5. The van der Waals surface area contributed by atoms with Crippen LogP contribution in [0.25, 0.3) is 0 Å². The first-order valence-corrected chi connectivity index (χ1v) is 10.7. The summed E-state index contributed by atoms with van der Waals surface area (Å²) in [5.41, 5.74) is 0.580. The lowest BCUT2D eigenvalue weighted by molar-refractivity contribution is -0.118. The van der Waals surface area contributed by atoms with Gasteiger partial charge in [0.15, 0.2) is 0 Å². The number of benzene rings is 1. The number of hydrogen-bond donors (Lipinski definition) is 2. The molecule has 1 atom stereocenters. The summed E-state index contributed by atoms with van der Waals surface area (Å²) in [6.07, 6.45) is 2.38. The molecule has 0 spiro atoms. The van der Waals surface area contributed by atoms with Gasteiger partial charge in [0, 0.05) is 29.7 Å². The van der Waals surface area contributed by atoms with Crippen LogP contribution >= 0.6 is 11.8 Å². The van der Waals surface area contributed by atoms with Crippen molar-refractivity contribution in [3.05, 3.63) is 18.2 Å². The third-order valence-corrected chi connectivity index (χ3v) is 7.17. The fourth-order valence-corrected chi connectivity index (χ4v) is 4.93. The van der Waals surface area contributed by atoms with E-state index in [1.54, 1.807) is 30.0 Å². The number of likely N-dealkylation sites (tertiary alicyclic amines) is 1. The van der Waals surface area contributed by atoms with Gasteiger partial charge in [0.05, 0.1) is 10.6 Å². The SMILES string of the molecule is C[C@@H]1CSc2ccc(S(=O)(=O)NCCN3CCCC3)cc2NC1=O. The molecule has 0 bridgehead atoms. The highest BCUT2D eigenvalue weighted by atomic mass is 32.2. The summed E-state index contributed by atoms with van der Waals surface area (Å²) in [5, 5.41) is 2.83. The van der Waals surface area contributed by atoms with Gasteiger partial charge >= 0.3 is 0 Å². The van der Waals surface area contributed by atoms with Crippen LogP contribution in [0.5, 0.6) is 0 Å². The van der Waals surface area contributed by atoms with Gasteiger partial charge in [0.1, 0.15) is 0 Å². The maximum Gasteiger partial charge on any atom is 0.240 e. The Morgan fingerprint density at radius 3 is 2.83 bits per heavy atom. The van der Waals surface area contributed by atoms with Crippen LogP contribution in [0.1, 0.15) is 19.8 Å². The first-order valence-electron chi connectivity index (χ1n) is 8.25. The highest BCUT2D eigenvalue weighted by Gasteiger charge is 2.23. The van der Waals surface area contributed by atoms with Crippen LogP contribution in [0.3, 0.4) is 0 Å². The smallest absolute Gasteiger partial charge is 0.240 e. The van der Waals surface area contributed by atoms with Crippen molar-refractivity contribution in [1.29, 1.82) is 0 Å². The van der Waals surface area contributed by atoms with Gasteiger partial charge in [-0.2, -0.15) is 0 Å². The molecule has 1 saturated heterocycles. The van der Waals surface area contributed by atoms with Gasteiger partial charge in [-0.3, -0.25) is 4.79 Å². The second-order valence-corrected chi connectivity index (χ2v) is 9.13. The highest BCUT2D eigenvalue weighted by Crippen LogP contribution is 2.34. The fraction of sp³-hybridized carbons (Fsp3) is 0.562. The standard InChI is InChI=1S/C16H23N3O3S2/c1-12-11-23-15-5-4-13(10-14(15)18-16(12)20)24(21,22)17-6-9-19-7-2-3-8-19/h4-5,10,12,17H,2-3,6-9,11H2,1H3,(H,18,20)/t12-/m1/s1. The number of hydrogen-bond acceptors (Lipinski definition) is 5. The monoisotopic (exact) mass is 369 g/mol. The molecular formula is C16H23N3O3S2. The van der Waals surface area contributed by atoms with Gasteiger partial charge in [0.2, 0.25) is 15.9 Å². The van der Waals surface area contributed by atoms with Gasteiger partial charge in [-0.05, 0) is 44.1 Å². The highest BCUT2D eigenvalue weighted by molar-refractivity contribution is 7.99. The summed E-state index contributed by atoms with van der Waals surface area (Å²) >= 11 is 1.57. The van der Waals surface area contributed by atoms with E-state index in [1.807, 2.05) is 6.92 Å². The lowest BCUT2D eigenvalue weighted by Gasteiger charge is -2.15. The predicted molar refractivity (Wildman–Crippen MR) is 95.8 cm³/mol. The molecule has 0 unspecified atom stereocenters. The van der Waals surface area contributed by atoms with E-state index in [1.165, 1.54) is 12.8 Å². The molecule has 0 aromatic heterocycles. The normalized spacial score (nSPS) is 22.0. The van der Waals surface area contributed by atoms with E-state index in [0.717, 1.165) is 24.5 Å². The van der Waals surface area contributed by atoms with Crippen molar-refractivity contribution < 1.29 is 13.2 Å². The molecule has 1 amide bonds. The summed E-state index contributed by atoms with van der Waals surface area (Å²) in [6.45, 7) is 5.08. The van der Waals surface area contributed by atoms with Crippen LogP contribution in [0, 0.1) is 5.92 Å². The van der Waals surface area contributed by atoms with Crippen LogP contribution in [-0.4, -0.2) is 51.2 Å². The molecule has 6 nitrogen and oxygen atoms in total. The first kappa shape index (κ1) is 17.7. The molecule has 0 saturated carbocycles. The van der Waals surface area contributed by atoms with Gasteiger partial charge in [0.25, 0.3) is 0 Å². The molecule has 0 aliphatic carbocycles. The first-order chi connectivity index (χ1) is 11.5. The second kappa shape index (κ2) is 7.43. The number of anilines is 1. The van der Waals surface area contributed by atoms with Crippen molar-refractivity contribution in [2.24, 2.45) is 5.92 Å². The van der Waals surface area contributed by atoms with E-state index < -0.39 is 10.0 Å². The number of nitrogens with zero attached hydrogens (tertiary/aromatic N) is 1. The van der Waals surface area contributed by atoms with Crippen LogP contribution in [0.15, 0.2) is 28.0 Å². The van der Waals surface area contributed by atoms with Crippen molar-refractivity contribution in [2.75, 3.05) is 37.2 Å². The van der Waals surface area contributed by atoms with E-state index in [4.69, 9.17) is 0 Å². The molecule has 0 radical (unpaired) electrons. The Labute approximate surface area is 147 Å². The number of thioether (sulfide) groups is 1. The predicted octanol–water partition coefficient (Wildman–Crippen LogP) is 1.74. The average Bonchev–Trinajstić information content (AvgIpc) is 3.01. The summed E-state index contributed by atoms with van der Waals surface area (Å²) in [4.78, 5) is 15.3. The largest absolute Gasteiger partial charge is 0.325 e. The van der Waals surface area contributed by atoms with Gasteiger partial charge in [-0.25, -0.2) is 13.1 Å². The topological polar surface area (TPSA) is 78.5 Å². The Morgan fingerprint density at radius 2 is 2.08 bits per heavy atom. The van der Waals surface area contributed by atoms with E-state index in [2.05, 4.69) is 14.9 Å². The zero-order chi connectivity index (χ0) is 17.2. The quantitative estimate of drug-likeness (QED) is 0.827. The molecule has 2 aliphatic rings. The van der Waals surface area contributed by atoms with Gasteiger partial charge in [-0.15, -0.1) is 11.8 Å². The number of nitrogens with one attached hydrogen (secondary N) is 2. The van der Waals surface area contributed by atoms with E-state index in [-0.39, 0.29) is 16.7 Å². The summed E-state index contributed by atoms with van der Waals surface area (Å²) in [5.74, 6) is 0.526. The second-order valence-electron chi connectivity index (χ2n) is 6.31. The minimum Gasteiger partial charge on any atom is -0.325 e. The minimum absolute atomic E-state index is 0.0715. The van der Waals surface area contributed by atoms with Gasteiger partial charge in [-0.1, -0.05) is 6.92 Å². The van der Waals surface area contributed by atoms with Crippen LogP contribution < -0.4 is 10.0 Å². The number of amides is 1. The molecule has 1 aromatic rings. The Balaban J connectivity index is 1.69. The third kappa shape index (κ3) is 4.11. The van der Waals surface area contributed by atoms with E-state index >= 15 is 0 Å². The molecule has 1 aromatic carbocycles. The maximum absolute atomic E-state index is 12.5. The van der Waals surface area contributed by atoms with Crippen LogP contribution in [0.4, 0.5) is 5.69 Å². The Hall–Kier alpha value is -1.09. The molecule has 2 aliphatic heterocycles. The Bertz CT molecular complexity index is 715. The number of sulfonamides is 1. The lowest BCUT2D eigenvalue weighted by atomic mass is 10.2. The summed E-state index contributed by atoms with van der Waals surface area (Å²) in [6, 6.07) is 4.93. The van der Waals surface area contributed by atoms with Crippen molar-refractivity contribution in [1.82, 2.24) is 9.62 Å². The van der Waals surface area contributed by atoms with Crippen molar-refractivity contribution in [3.8, 4) is 0 Å². The van der Waals surface area contributed by atoms with Crippen LogP contribution in [0.2, 0.25) is 0 Å². The van der Waals surface area contributed by atoms with Crippen LogP contribution in [-0.2, 0) is 14.8 Å². The van der Waals surface area contributed by atoms with Crippen molar-refractivity contribution in [3.63, 3.8) is 0 Å². The molecule has 3 rings (SSSR count). The van der Waals surface area contributed by atoms with Crippen molar-refractivity contribution in [2.45, 2.75) is 29.6 Å². The Morgan fingerprint density at radius 1 is 1.33 bits per heavy atom. The number of carbonyl (C=O) groups excluding carboxylic acids is 1. The van der Waals surface area contributed by atoms with Gasteiger partial charge < -0.3 is 10.2 Å². The summed E-state index contributed by atoms with van der Waals surface area (Å²) < 4.78 is 27.6. The molecule has 2 heterocycles. The minimum atomic E-state index is -3.57. The molecule has 2 N–H and O–H groups in total. The van der Waals surface area contributed by atoms with E-state index in [9.17, 15) is 13.2 Å². The lowest BCUT2D eigenvalue weighted by Crippen LogP contribution is -2.33. The zero-order valence-electron chi connectivity index (χ0n) is 13.7.